The number of carbonyl (C=O) groups is 3. The molecule has 6 heteroatoms. The van der Waals surface area contributed by atoms with Crippen molar-refractivity contribution in [2.24, 2.45) is 0 Å². The number of ether oxygens (including phenoxy) is 3. The van der Waals surface area contributed by atoms with Gasteiger partial charge in [-0.3, -0.25) is 14.4 Å². The van der Waals surface area contributed by atoms with Gasteiger partial charge in [0.05, 0.1) is 0 Å². The molecule has 0 aromatic rings. The van der Waals surface area contributed by atoms with Gasteiger partial charge in [0.1, 0.15) is 13.2 Å². The maximum atomic E-state index is 12.9. The van der Waals surface area contributed by atoms with E-state index in [-0.39, 0.29) is 31.1 Å². The lowest BCUT2D eigenvalue weighted by atomic mass is 10.0. The third kappa shape index (κ3) is 66.2. The highest BCUT2D eigenvalue weighted by molar-refractivity contribution is 5.71. The van der Waals surface area contributed by atoms with Crippen LogP contribution in [0.25, 0.3) is 0 Å². The number of hydrogen-bond donors (Lipinski definition) is 0. The summed E-state index contributed by atoms with van der Waals surface area (Å²) in [5.74, 6) is -0.861. The van der Waals surface area contributed by atoms with Crippen molar-refractivity contribution >= 4 is 17.9 Å². The van der Waals surface area contributed by atoms with Crippen molar-refractivity contribution in [3.8, 4) is 0 Å². The topological polar surface area (TPSA) is 78.9 Å². The predicted octanol–water partition coefficient (Wildman–Crippen LogP) is 24.5. The number of allylic oxidation sites excluding steroid dienone is 8. The minimum Gasteiger partial charge on any atom is -0.462 e. The molecule has 0 aliphatic carbocycles. The molecule has 0 fully saturated rings. The molecule has 1 unspecified atom stereocenters. The highest BCUT2D eigenvalue weighted by Crippen LogP contribution is 2.19. The number of esters is 3. The fraction of sp³-hybridized carbons (Fsp3) is 0.851. The normalized spacial score (nSPS) is 12.3. The van der Waals surface area contributed by atoms with Crippen molar-refractivity contribution in [1.29, 1.82) is 0 Å². The first-order valence-corrected chi connectivity index (χ1v) is 35.6. The van der Waals surface area contributed by atoms with E-state index in [1.54, 1.807) is 0 Å². The zero-order chi connectivity index (χ0) is 57.8. The molecule has 0 aliphatic heterocycles. The van der Waals surface area contributed by atoms with Crippen LogP contribution in [0, 0.1) is 0 Å². The van der Waals surface area contributed by atoms with E-state index in [9.17, 15) is 14.4 Å². The fourth-order valence-corrected chi connectivity index (χ4v) is 10.8. The van der Waals surface area contributed by atoms with Gasteiger partial charge in [0.2, 0.25) is 0 Å². The van der Waals surface area contributed by atoms with Crippen LogP contribution >= 0.6 is 0 Å². The highest BCUT2D eigenvalue weighted by atomic mass is 16.6. The molecule has 0 bridgehead atoms. The Labute approximate surface area is 498 Å². The Kier molecular flexibility index (Phi) is 66.6. The first kappa shape index (κ1) is 77.4. The molecular weight excluding hydrogens is 985 g/mol. The summed E-state index contributed by atoms with van der Waals surface area (Å²) in [6.07, 6.45) is 87.2. The quantitative estimate of drug-likeness (QED) is 0.0261. The van der Waals surface area contributed by atoms with E-state index in [1.807, 2.05) is 0 Å². The van der Waals surface area contributed by atoms with Crippen LogP contribution in [-0.4, -0.2) is 37.2 Å². The summed E-state index contributed by atoms with van der Waals surface area (Å²) in [6.45, 7) is 6.59. The Morgan fingerprint density at radius 1 is 0.263 bits per heavy atom. The summed E-state index contributed by atoms with van der Waals surface area (Å²) in [5, 5.41) is 0. The zero-order valence-corrected chi connectivity index (χ0v) is 53.9. The third-order valence-electron chi connectivity index (χ3n) is 16.1. The summed E-state index contributed by atoms with van der Waals surface area (Å²) in [4.78, 5) is 38.4. The summed E-state index contributed by atoms with van der Waals surface area (Å²) >= 11 is 0. The monoisotopic (exact) mass is 1120 g/mol. The number of carbonyl (C=O) groups excluding carboxylic acids is 3. The van der Waals surface area contributed by atoms with Crippen LogP contribution in [0.3, 0.4) is 0 Å². The van der Waals surface area contributed by atoms with Crippen LogP contribution in [-0.2, 0) is 28.6 Å². The summed E-state index contributed by atoms with van der Waals surface area (Å²) in [6, 6.07) is 0. The van der Waals surface area contributed by atoms with Gasteiger partial charge in [-0.2, -0.15) is 0 Å². The molecule has 0 amide bonds. The maximum absolute atomic E-state index is 12.9. The van der Waals surface area contributed by atoms with E-state index < -0.39 is 6.10 Å². The van der Waals surface area contributed by atoms with E-state index in [1.165, 1.54) is 250 Å². The molecule has 6 nitrogen and oxygen atoms in total. The van der Waals surface area contributed by atoms with E-state index in [4.69, 9.17) is 14.2 Å². The molecule has 0 aliphatic rings. The molecular formula is C74H136O6. The lowest BCUT2D eigenvalue weighted by Gasteiger charge is -2.18. The molecule has 1 atom stereocenters. The van der Waals surface area contributed by atoms with E-state index in [0.29, 0.717) is 19.3 Å². The van der Waals surface area contributed by atoms with Gasteiger partial charge in [-0.15, -0.1) is 0 Å². The number of rotatable bonds is 66. The standard InChI is InChI=1S/C74H136O6/c1-4-7-10-13-16-19-22-25-28-30-32-33-34-35-36-37-38-39-40-41-43-44-46-49-52-55-58-61-64-67-73(76)79-70-71(69-78-72(75)66-63-60-57-54-51-48-27-24-21-18-15-12-9-6-3)80-74(77)68-65-62-59-56-53-50-47-45-42-31-29-26-23-20-17-14-11-8-5-2/h8,11,17,20,26,29,42,45,71H,4-7,9-10,12-16,18-19,21-25,27-28,30-41,43-44,46-70H2,1-3H3/b11-8-,20-17-,29-26-,45-42-. The Morgan fingerprint density at radius 3 is 0.762 bits per heavy atom. The molecule has 80 heavy (non-hydrogen) atoms. The highest BCUT2D eigenvalue weighted by Gasteiger charge is 2.19. The zero-order valence-electron chi connectivity index (χ0n) is 53.9. The summed E-state index contributed by atoms with van der Waals surface area (Å²) in [5.41, 5.74) is 0. The van der Waals surface area contributed by atoms with Gasteiger partial charge in [-0.1, -0.05) is 358 Å². The molecule has 0 aromatic heterocycles. The smallest absolute Gasteiger partial charge is 0.306 e. The van der Waals surface area contributed by atoms with E-state index in [2.05, 4.69) is 69.4 Å². The van der Waals surface area contributed by atoms with Crippen molar-refractivity contribution < 1.29 is 28.6 Å². The molecule has 468 valence electrons. The molecule has 0 radical (unpaired) electrons. The maximum Gasteiger partial charge on any atom is 0.306 e. The molecule has 0 heterocycles. The second kappa shape index (κ2) is 68.9. The van der Waals surface area contributed by atoms with Crippen molar-refractivity contribution in [1.82, 2.24) is 0 Å². The number of hydrogen-bond acceptors (Lipinski definition) is 6. The molecule has 0 aromatic carbocycles. The van der Waals surface area contributed by atoms with Crippen LogP contribution in [0.2, 0.25) is 0 Å². The van der Waals surface area contributed by atoms with Gasteiger partial charge in [0.25, 0.3) is 0 Å². The third-order valence-corrected chi connectivity index (χ3v) is 16.1. The van der Waals surface area contributed by atoms with Gasteiger partial charge in [0, 0.05) is 19.3 Å². The van der Waals surface area contributed by atoms with E-state index >= 15 is 0 Å². The SMILES string of the molecule is CC/C=C\C/C=C\C/C=C\C/C=C\CCCCCCCCC(=O)OC(COC(=O)CCCCCCCCCCCCCCCC)COC(=O)CCCCCCCCCCCCCCCCCCCCCCCCCCCCCCC. The van der Waals surface area contributed by atoms with Gasteiger partial charge >= 0.3 is 17.9 Å². The molecule has 0 saturated heterocycles. The Morgan fingerprint density at radius 2 is 0.487 bits per heavy atom. The van der Waals surface area contributed by atoms with Gasteiger partial charge in [-0.25, -0.2) is 0 Å². The second-order valence-electron chi connectivity index (χ2n) is 24.1. The minimum atomic E-state index is -0.779. The van der Waals surface area contributed by atoms with Gasteiger partial charge in [-0.05, 0) is 57.8 Å². The summed E-state index contributed by atoms with van der Waals surface area (Å²) < 4.78 is 17.0. The lowest BCUT2D eigenvalue weighted by Crippen LogP contribution is -2.30. The van der Waals surface area contributed by atoms with Crippen molar-refractivity contribution in [3.05, 3.63) is 48.6 Å². The number of unbranched alkanes of at least 4 members (excludes halogenated alkanes) is 47. The summed E-state index contributed by atoms with van der Waals surface area (Å²) in [7, 11) is 0. The van der Waals surface area contributed by atoms with Crippen LogP contribution in [0.1, 0.15) is 387 Å². The van der Waals surface area contributed by atoms with Gasteiger partial charge in [0.15, 0.2) is 6.10 Å². The van der Waals surface area contributed by atoms with Crippen LogP contribution < -0.4 is 0 Å². The molecule has 0 rings (SSSR count). The van der Waals surface area contributed by atoms with Crippen LogP contribution in [0.4, 0.5) is 0 Å². The average molecular weight is 1120 g/mol. The van der Waals surface area contributed by atoms with Crippen molar-refractivity contribution in [2.45, 2.75) is 393 Å². The molecule has 0 spiro atoms. The lowest BCUT2D eigenvalue weighted by molar-refractivity contribution is -0.167. The molecule has 0 N–H and O–H groups in total. The Hall–Kier alpha value is -2.63. The Bertz CT molecular complexity index is 1380. The molecule has 0 saturated carbocycles. The van der Waals surface area contributed by atoms with Crippen molar-refractivity contribution in [3.63, 3.8) is 0 Å². The minimum absolute atomic E-state index is 0.0739. The largest absolute Gasteiger partial charge is 0.462 e. The Balaban J connectivity index is 4.21. The van der Waals surface area contributed by atoms with E-state index in [0.717, 1.165) is 96.3 Å². The first-order valence-electron chi connectivity index (χ1n) is 35.6. The van der Waals surface area contributed by atoms with Gasteiger partial charge < -0.3 is 14.2 Å². The average Bonchev–Trinajstić information content (AvgIpc) is 3.46. The van der Waals surface area contributed by atoms with Crippen molar-refractivity contribution in [2.75, 3.05) is 13.2 Å². The first-order chi connectivity index (χ1) is 39.5. The fourth-order valence-electron chi connectivity index (χ4n) is 10.8. The predicted molar refractivity (Wildman–Crippen MR) is 349 cm³/mol. The van der Waals surface area contributed by atoms with Crippen LogP contribution in [0.5, 0.6) is 0 Å². The second-order valence-corrected chi connectivity index (χ2v) is 24.1. The van der Waals surface area contributed by atoms with Crippen LogP contribution in [0.15, 0.2) is 48.6 Å².